The summed E-state index contributed by atoms with van der Waals surface area (Å²) in [5.41, 5.74) is 0.686. The average molecular weight is 391 g/mol. The third-order valence-electron chi connectivity index (χ3n) is 3.46. The Labute approximate surface area is 130 Å². The van der Waals surface area contributed by atoms with Gasteiger partial charge in [0.15, 0.2) is 0 Å². The van der Waals surface area contributed by atoms with Gasteiger partial charge >= 0.3 is 0 Å². The van der Waals surface area contributed by atoms with Crippen LogP contribution in [0.15, 0.2) is 27.1 Å². The van der Waals surface area contributed by atoms with Crippen molar-refractivity contribution in [2.24, 2.45) is 0 Å². The van der Waals surface area contributed by atoms with Gasteiger partial charge in [-0.1, -0.05) is 31.9 Å². The van der Waals surface area contributed by atoms with Gasteiger partial charge in [-0.25, -0.2) is 0 Å². The number of piperidine rings is 1. The molecule has 1 aromatic rings. The Kier molecular flexibility index (Phi) is 5.42. The molecule has 1 saturated heterocycles. The zero-order valence-corrected chi connectivity index (χ0v) is 13.8. The van der Waals surface area contributed by atoms with Gasteiger partial charge in [0.1, 0.15) is 0 Å². The van der Waals surface area contributed by atoms with Crippen molar-refractivity contribution in [3.63, 3.8) is 0 Å². The van der Waals surface area contributed by atoms with Gasteiger partial charge in [-0.05, 0) is 43.9 Å². The summed E-state index contributed by atoms with van der Waals surface area (Å²) < 4.78 is 1.78. The molecule has 104 valence electrons. The fourth-order valence-electron chi connectivity index (χ4n) is 2.56. The van der Waals surface area contributed by atoms with Crippen molar-refractivity contribution < 1.29 is 9.90 Å². The highest BCUT2D eigenvalue weighted by molar-refractivity contribution is 9.11. The molecular formula is C14H17Br2NO2. The van der Waals surface area contributed by atoms with Crippen molar-refractivity contribution in [2.75, 3.05) is 13.2 Å². The number of aliphatic hydroxyl groups is 1. The summed E-state index contributed by atoms with van der Waals surface area (Å²) >= 11 is 6.82. The molecule has 1 fully saturated rings. The Bertz CT molecular complexity index is 443. The number of nitrogens with zero attached hydrogens (tertiary/aromatic N) is 1. The molecule has 5 heteroatoms. The van der Waals surface area contributed by atoms with Crippen LogP contribution in [0.3, 0.4) is 0 Å². The smallest absolute Gasteiger partial charge is 0.254 e. The van der Waals surface area contributed by atoms with Crippen LogP contribution in [-0.2, 0) is 0 Å². The average Bonchev–Trinajstić information content (AvgIpc) is 2.38. The SMILES string of the molecule is O=C(c1cc(Br)cc(Br)c1)N1CCCCC1CCO. The zero-order chi connectivity index (χ0) is 13.8. The van der Waals surface area contributed by atoms with Crippen LogP contribution in [-0.4, -0.2) is 35.1 Å². The van der Waals surface area contributed by atoms with Crippen LogP contribution >= 0.6 is 31.9 Å². The fourth-order valence-corrected chi connectivity index (χ4v) is 3.85. The first-order valence-electron chi connectivity index (χ1n) is 6.49. The standard InChI is InChI=1S/C14H17Br2NO2/c15-11-7-10(8-12(16)9-11)14(19)17-5-2-1-3-13(17)4-6-18/h7-9,13,18H,1-6H2. The Morgan fingerprint density at radius 1 is 1.26 bits per heavy atom. The van der Waals surface area contributed by atoms with E-state index < -0.39 is 0 Å². The number of rotatable bonds is 3. The number of carbonyl (C=O) groups excluding carboxylic acids is 1. The molecule has 1 aliphatic rings. The molecule has 1 atom stereocenters. The third-order valence-corrected chi connectivity index (χ3v) is 4.38. The largest absolute Gasteiger partial charge is 0.396 e. The highest BCUT2D eigenvalue weighted by atomic mass is 79.9. The molecule has 0 aromatic heterocycles. The first-order chi connectivity index (χ1) is 9.11. The van der Waals surface area contributed by atoms with Crippen molar-refractivity contribution in [3.05, 3.63) is 32.7 Å². The van der Waals surface area contributed by atoms with Crippen LogP contribution in [0.4, 0.5) is 0 Å². The van der Waals surface area contributed by atoms with Gasteiger partial charge in [0.2, 0.25) is 0 Å². The molecule has 0 spiro atoms. The molecule has 1 aromatic carbocycles. The van der Waals surface area contributed by atoms with E-state index in [1.165, 1.54) is 0 Å². The minimum absolute atomic E-state index is 0.0557. The Morgan fingerprint density at radius 3 is 2.58 bits per heavy atom. The van der Waals surface area contributed by atoms with E-state index in [9.17, 15) is 4.79 Å². The fraction of sp³-hybridized carbons (Fsp3) is 0.500. The summed E-state index contributed by atoms with van der Waals surface area (Å²) in [6, 6.07) is 5.78. The van der Waals surface area contributed by atoms with Gasteiger partial charge < -0.3 is 10.0 Å². The molecule has 1 unspecified atom stereocenters. The number of amides is 1. The van der Waals surface area contributed by atoms with Crippen molar-refractivity contribution >= 4 is 37.8 Å². The summed E-state index contributed by atoms with van der Waals surface area (Å²) in [5, 5.41) is 9.12. The van der Waals surface area contributed by atoms with E-state index in [1.54, 1.807) is 0 Å². The number of benzene rings is 1. The Morgan fingerprint density at radius 2 is 1.95 bits per heavy atom. The lowest BCUT2D eigenvalue weighted by Gasteiger charge is -2.35. The van der Waals surface area contributed by atoms with Crippen LogP contribution in [0.2, 0.25) is 0 Å². The van der Waals surface area contributed by atoms with Crippen LogP contribution in [0.25, 0.3) is 0 Å². The van der Waals surface area contributed by atoms with Gasteiger partial charge in [0.25, 0.3) is 5.91 Å². The van der Waals surface area contributed by atoms with Crippen molar-refractivity contribution in [1.82, 2.24) is 4.90 Å². The molecule has 0 radical (unpaired) electrons. The highest BCUT2D eigenvalue weighted by Crippen LogP contribution is 2.25. The second-order valence-electron chi connectivity index (χ2n) is 4.82. The lowest BCUT2D eigenvalue weighted by Crippen LogP contribution is -2.44. The van der Waals surface area contributed by atoms with Crippen LogP contribution in [0, 0.1) is 0 Å². The minimum atomic E-state index is 0.0557. The van der Waals surface area contributed by atoms with E-state index in [0.717, 1.165) is 34.8 Å². The molecule has 1 amide bonds. The first-order valence-corrected chi connectivity index (χ1v) is 8.08. The quantitative estimate of drug-likeness (QED) is 0.856. The molecule has 1 aliphatic heterocycles. The molecule has 0 bridgehead atoms. The zero-order valence-electron chi connectivity index (χ0n) is 10.6. The molecule has 19 heavy (non-hydrogen) atoms. The maximum atomic E-state index is 12.6. The van der Waals surface area contributed by atoms with E-state index >= 15 is 0 Å². The first kappa shape index (κ1) is 15.0. The number of hydrogen-bond acceptors (Lipinski definition) is 2. The van der Waals surface area contributed by atoms with Gasteiger partial charge in [-0.2, -0.15) is 0 Å². The third kappa shape index (κ3) is 3.80. The minimum Gasteiger partial charge on any atom is -0.396 e. The molecule has 0 aliphatic carbocycles. The summed E-state index contributed by atoms with van der Waals surface area (Å²) in [7, 11) is 0. The summed E-state index contributed by atoms with van der Waals surface area (Å²) in [6.45, 7) is 0.921. The second kappa shape index (κ2) is 6.86. The van der Waals surface area contributed by atoms with Crippen molar-refractivity contribution in [1.29, 1.82) is 0 Å². The lowest BCUT2D eigenvalue weighted by atomic mass is 9.98. The Hall–Kier alpha value is -0.390. The normalized spacial score (nSPS) is 19.5. The van der Waals surface area contributed by atoms with E-state index in [0.29, 0.717) is 12.0 Å². The van der Waals surface area contributed by atoms with E-state index in [1.807, 2.05) is 23.1 Å². The highest BCUT2D eigenvalue weighted by Gasteiger charge is 2.27. The van der Waals surface area contributed by atoms with Crippen molar-refractivity contribution in [2.45, 2.75) is 31.7 Å². The van der Waals surface area contributed by atoms with E-state index in [2.05, 4.69) is 31.9 Å². The predicted molar refractivity (Wildman–Crippen MR) is 82.2 cm³/mol. The van der Waals surface area contributed by atoms with E-state index in [-0.39, 0.29) is 18.6 Å². The Balaban J connectivity index is 2.20. The van der Waals surface area contributed by atoms with E-state index in [4.69, 9.17) is 5.11 Å². The topological polar surface area (TPSA) is 40.5 Å². The number of hydrogen-bond donors (Lipinski definition) is 1. The van der Waals surface area contributed by atoms with Crippen LogP contribution in [0.1, 0.15) is 36.0 Å². The van der Waals surface area contributed by atoms with Crippen LogP contribution < -0.4 is 0 Å². The number of halogens is 2. The molecule has 1 N–H and O–H groups in total. The molecule has 2 rings (SSSR count). The molecule has 3 nitrogen and oxygen atoms in total. The number of likely N-dealkylation sites (tertiary alicyclic amines) is 1. The molecule has 1 heterocycles. The lowest BCUT2D eigenvalue weighted by molar-refractivity contribution is 0.0574. The summed E-state index contributed by atoms with van der Waals surface area (Å²) in [5.74, 6) is 0.0557. The maximum absolute atomic E-state index is 12.6. The predicted octanol–water partition coefficient (Wildman–Crippen LogP) is 3.59. The maximum Gasteiger partial charge on any atom is 0.254 e. The van der Waals surface area contributed by atoms with Gasteiger partial charge in [-0.3, -0.25) is 4.79 Å². The number of aliphatic hydroxyl groups excluding tert-OH is 1. The summed E-state index contributed by atoms with van der Waals surface area (Å²) in [4.78, 5) is 14.5. The van der Waals surface area contributed by atoms with Crippen LogP contribution in [0.5, 0.6) is 0 Å². The second-order valence-corrected chi connectivity index (χ2v) is 6.65. The number of carbonyl (C=O) groups is 1. The van der Waals surface area contributed by atoms with Gasteiger partial charge in [-0.15, -0.1) is 0 Å². The summed E-state index contributed by atoms with van der Waals surface area (Å²) in [6.07, 6.45) is 3.84. The molecular weight excluding hydrogens is 374 g/mol. The van der Waals surface area contributed by atoms with Gasteiger partial charge in [0, 0.05) is 33.7 Å². The van der Waals surface area contributed by atoms with Gasteiger partial charge in [0.05, 0.1) is 0 Å². The molecule has 0 saturated carbocycles. The van der Waals surface area contributed by atoms with Crippen molar-refractivity contribution in [3.8, 4) is 0 Å². The monoisotopic (exact) mass is 389 g/mol.